The van der Waals surface area contributed by atoms with Crippen LogP contribution in [0.2, 0.25) is 0 Å². The van der Waals surface area contributed by atoms with Crippen molar-refractivity contribution >= 4 is 11.9 Å². The third-order valence-corrected chi connectivity index (χ3v) is 7.18. The molecule has 0 bridgehead atoms. The molecule has 0 aromatic rings. The third-order valence-electron chi connectivity index (χ3n) is 7.18. The number of esters is 2. The largest absolute Gasteiger partial charge is 0.422 e. The summed E-state index contributed by atoms with van der Waals surface area (Å²) in [6.07, 6.45) is 27.3. The van der Waals surface area contributed by atoms with E-state index >= 15 is 0 Å². The lowest BCUT2D eigenvalue weighted by atomic mass is 9.94. The van der Waals surface area contributed by atoms with E-state index in [-0.39, 0.29) is 11.9 Å². The number of carbonyl (C=O) groups excluding carboxylic acids is 2. The summed E-state index contributed by atoms with van der Waals surface area (Å²) in [6.45, 7) is 4.49. The molecular weight excluding hydrogens is 424 g/mol. The lowest BCUT2D eigenvalue weighted by molar-refractivity contribution is -0.239. The molecule has 0 heterocycles. The average molecular weight is 481 g/mol. The average Bonchev–Trinajstić information content (AvgIpc) is 2.82. The minimum absolute atomic E-state index is 0.194. The molecule has 1 aliphatic carbocycles. The van der Waals surface area contributed by atoms with Gasteiger partial charge in [-0.3, -0.25) is 9.59 Å². The second-order valence-electron chi connectivity index (χ2n) is 10.6. The van der Waals surface area contributed by atoms with E-state index in [0.29, 0.717) is 25.7 Å². The van der Waals surface area contributed by atoms with Gasteiger partial charge < -0.3 is 9.47 Å². The maximum absolute atomic E-state index is 12.5. The molecule has 0 amide bonds. The van der Waals surface area contributed by atoms with Crippen molar-refractivity contribution in [2.75, 3.05) is 0 Å². The Morgan fingerprint density at radius 2 is 0.824 bits per heavy atom. The van der Waals surface area contributed by atoms with Crippen LogP contribution in [0.5, 0.6) is 0 Å². The third kappa shape index (κ3) is 16.5. The van der Waals surface area contributed by atoms with Crippen LogP contribution in [0, 0.1) is 0 Å². The van der Waals surface area contributed by atoms with Crippen LogP contribution >= 0.6 is 0 Å². The van der Waals surface area contributed by atoms with E-state index in [1.54, 1.807) is 0 Å². The number of hydrogen-bond donors (Lipinski definition) is 0. The van der Waals surface area contributed by atoms with E-state index in [0.717, 1.165) is 44.9 Å². The number of unbranched alkanes of at least 4 members (excludes halogenated alkanes) is 16. The number of carbonyl (C=O) groups is 2. The minimum atomic E-state index is -0.995. The van der Waals surface area contributed by atoms with Crippen LogP contribution in [-0.4, -0.2) is 17.7 Å². The molecule has 0 aromatic heterocycles. The maximum Gasteiger partial charge on any atom is 0.309 e. The minimum Gasteiger partial charge on any atom is -0.422 e. The number of ether oxygens (including phenoxy) is 2. The predicted octanol–water partition coefficient (Wildman–Crippen LogP) is 9.57. The molecule has 0 unspecified atom stereocenters. The van der Waals surface area contributed by atoms with Gasteiger partial charge in [0.1, 0.15) is 0 Å². The first-order valence-electron chi connectivity index (χ1n) is 15.1. The fourth-order valence-corrected chi connectivity index (χ4v) is 4.99. The quantitative estimate of drug-likeness (QED) is 0.0879. The summed E-state index contributed by atoms with van der Waals surface area (Å²) in [5.74, 6) is -1.38. The topological polar surface area (TPSA) is 52.6 Å². The second-order valence-corrected chi connectivity index (χ2v) is 10.6. The Labute approximate surface area is 211 Å². The molecule has 0 aliphatic heterocycles. The van der Waals surface area contributed by atoms with E-state index in [1.807, 2.05) is 0 Å². The molecule has 0 atom stereocenters. The van der Waals surface area contributed by atoms with Crippen LogP contribution in [0.15, 0.2) is 0 Å². The summed E-state index contributed by atoms with van der Waals surface area (Å²) in [5.41, 5.74) is 0. The first-order chi connectivity index (χ1) is 16.6. The molecule has 0 spiro atoms. The van der Waals surface area contributed by atoms with Gasteiger partial charge in [0.15, 0.2) is 0 Å². The van der Waals surface area contributed by atoms with Crippen molar-refractivity contribution in [2.45, 2.75) is 180 Å². The van der Waals surface area contributed by atoms with Gasteiger partial charge in [-0.15, -0.1) is 0 Å². The second kappa shape index (κ2) is 21.2. The summed E-state index contributed by atoms with van der Waals surface area (Å²) in [4.78, 5) is 25.0. The zero-order valence-electron chi connectivity index (χ0n) is 22.8. The first kappa shape index (κ1) is 31.0. The van der Waals surface area contributed by atoms with Crippen LogP contribution in [0.3, 0.4) is 0 Å². The summed E-state index contributed by atoms with van der Waals surface area (Å²) < 4.78 is 11.7. The Kier molecular flexibility index (Phi) is 19.3. The van der Waals surface area contributed by atoms with Crippen LogP contribution in [0.4, 0.5) is 0 Å². The molecule has 1 saturated carbocycles. The summed E-state index contributed by atoms with van der Waals surface area (Å²) in [5, 5.41) is 0. The molecule has 0 aromatic carbocycles. The van der Waals surface area contributed by atoms with Crippen molar-refractivity contribution in [3.63, 3.8) is 0 Å². The van der Waals surface area contributed by atoms with E-state index < -0.39 is 5.79 Å². The zero-order chi connectivity index (χ0) is 24.7. The Morgan fingerprint density at radius 1 is 0.500 bits per heavy atom. The Hall–Kier alpha value is -1.06. The molecule has 0 N–H and O–H groups in total. The predicted molar refractivity (Wildman–Crippen MR) is 142 cm³/mol. The summed E-state index contributed by atoms with van der Waals surface area (Å²) in [6, 6.07) is 0. The van der Waals surface area contributed by atoms with Crippen LogP contribution in [0.25, 0.3) is 0 Å². The molecular formula is C30H56O4. The van der Waals surface area contributed by atoms with E-state index in [9.17, 15) is 9.59 Å². The lowest BCUT2D eigenvalue weighted by Gasteiger charge is -2.35. The van der Waals surface area contributed by atoms with Crippen LogP contribution < -0.4 is 0 Å². The summed E-state index contributed by atoms with van der Waals surface area (Å²) in [7, 11) is 0. The van der Waals surface area contributed by atoms with E-state index in [4.69, 9.17) is 9.47 Å². The van der Waals surface area contributed by atoms with Crippen LogP contribution in [0.1, 0.15) is 174 Å². The van der Waals surface area contributed by atoms with Gasteiger partial charge in [0.25, 0.3) is 5.79 Å². The number of hydrogen-bond acceptors (Lipinski definition) is 4. The molecule has 34 heavy (non-hydrogen) atoms. The normalized spacial score (nSPS) is 15.2. The van der Waals surface area contributed by atoms with Crippen molar-refractivity contribution in [2.24, 2.45) is 0 Å². The number of rotatable bonds is 22. The van der Waals surface area contributed by atoms with Crippen molar-refractivity contribution < 1.29 is 19.1 Å². The Morgan fingerprint density at radius 3 is 1.18 bits per heavy atom. The molecule has 1 aliphatic rings. The van der Waals surface area contributed by atoms with Gasteiger partial charge >= 0.3 is 11.9 Å². The van der Waals surface area contributed by atoms with Gasteiger partial charge in [0.2, 0.25) is 0 Å². The van der Waals surface area contributed by atoms with Crippen molar-refractivity contribution in [1.82, 2.24) is 0 Å². The fraction of sp³-hybridized carbons (Fsp3) is 0.933. The van der Waals surface area contributed by atoms with Crippen molar-refractivity contribution in [3.8, 4) is 0 Å². The first-order valence-corrected chi connectivity index (χ1v) is 15.1. The molecule has 1 rings (SSSR count). The maximum atomic E-state index is 12.5. The highest BCUT2D eigenvalue weighted by Gasteiger charge is 2.39. The molecule has 4 nitrogen and oxygen atoms in total. The zero-order valence-corrected chi connectivity index (χ0v) is 22.8. The van der Waals surface area contributed by atoms with Gasteiger partial charge in [-0.1, -0.05) is 123 Å². The molecule has 1 fully saturated rings. The standard InChI is InChI=1S/C30H56O4/c1-3-5-7-9-11-13-15-17-20-24-28(31)33-30(26-22-19-23-27-30)34-29(32)25-21-18-16-14-12-10-8-6-4-2/h3-27H2,1-2H3. The molecule has 200 valence electrons. The Bertz CT molecular complexity index is 458. The van der Waals surface area contributed by atoms with Crippen LogP contribution in [-0.2, 0) is 19.1 Å². The van der Waals surface area contributed by atoms with Crippen molar-refractivity contribution in [1.29, 1.82) is 0 Å². The van der Waals surface area contributed by atoms with Gasteiger partial charge in [-0.2, -0.15) is 0 Å². The van der Waals surface area contributed by atoms with E-state index in [2.05, 4.69) is 13.8 Å². The molecule has 4 heteroatoms. The van der Waals surface area contributed by atoms with Gasteiger partial charge in [0.05, 0.1) is 0 Å². The smallest absolute Gasteiger partial charge is 0.309 e. The highest BCUT2D eigenvalue weighted by molar-refractivity contribution is 5.72. The molecule has 0 radical (unpaired) electrons. The monoisotopic (exact) mass is 480 g/mol. The van der Waals surface area contributed by atoms with E-state index in [1.165, 1.54) is 89.9 Å². The van der Waals surface area contributed by atoms with Gasteiger partial charge in [-0.25, -0.2) is 0 Å². The molecule has 0 saturated heterocycles. The van der Waals surface area contributed by atoms with Gasteiger partial charge in [-0.05, 0) is 25.7 Å². The summed E-state index contributed by atoms with van der Waals surface area (Å²) >= 11 is 0. The highest BCUT2D eigenvalue weighted by Crippen LogP contribution is 2.34. The highest BCUT2D eigenvalue weighted by atomic mass is 16.7. The van der Waals surface area contributed by atoms with Gasteiger partial charge in [0, 0.05) is 25.7 Å². The lowest BCUT2D eigenvalue weighted by Crippen LogP contribution is -2.42. The van der Waals surface area contributed by atoms with Crippen molar-refractivity contribution in [3.05, 3.63) is 0 Å². The fourth-order valence-electron chi connectivity index (χ4n) is 4.99. The Balaban J connectivity index is 2.19. The SMILES string of the molecule is CCCCCCCCCCCC(=O)OC1(OC(=O)CCCCCCCCCCC)CCCCC1.